The fourth-order valence-electron chi connectivity index (χ4n) is 2.99. The van der Waals surface area contributed by atoms with Crippen LogP contribution in [-0.4, -0.2) is 52.6 Å². The highest BCUT2D eigenvalue weighted by Gasteiger charge is 2.21. The number of benzene rings is 1. The molecule has 1 N–H and O–H groups in total. The Balaban J connectivity index is 1.50. The van der Waals surface area contributed by atoms with E-state index in [1.165, 1.54) is 0 Å². The number of aryl methyl sites for hydroxylation is 1. The topological polar surface area (TPSA) is 71.6 Å². The number of ether oxygens (including phenoxy) is 1. The van der Waals surface area contributed by atoms with Gasteiger partial charge in [0.05, 0.1) is 12.6 Å². The molecule has 1 fully saturated rings. The summed E-state index contributed by atoms with van der Waals surface area (Å²) in [5.74, 6) is 1.32. The Morgan fingerprint density at radius 2 is 2.08 bits per heavy atom. The van der Waals surface area contributed by atoms with E-state index >= 15 is 0 Å². The van der Waals surface area contributed by atoms with Crippen LogP contribution in [-0.2, 0) is 11.3 Å². The third-order valence-corrected chi connectivity index (χ3v) is 4.40. The molecular weight excluding hydrogens is 306 g/mol. The first-order valence-electron chi connectivity index (χ1n) is 8.59. The molecule has 2 heterocycles. The van der Waals surface area contributed by atoms with Crippen LogP contribution in [0.4, 0.5) is 0 Å². The number of nitrogens with zero attached hydrogens (tertiary/aromatic N) is 3. The predicted octanol–water partition coefficient (Wildman–Crippen LogP) is 2.41. The average molecular weight is 331 g/mol. The lowest BCUT2D eigenvalue weighted by Crippen LogP contribution is -2.37. The van der Waals surface area contributed by atoms with Gasteiger partial charge in [0, 0.05) is 31.9 Å². The third-order valence-electron chi connectivity index (χ3n) is 4.40. The Morgan fingerprint density at radius 1 is 1.29 bits per heavy atom. The van der Waals surface area contributed by atoms with Crippen LogP contribution in [0.3, 0.4) is 0 Å². The quantitative estimate of drug-likeness (QED) is 0.786. The Bertz CT molecular complexity index is 636. The summed E-state index contributed by atoms with van der Waals surface area (Å²) in [5.41, 5.74) is 2.13. The number of hydrogen-bond donors (Lipinski definition) is 1. The molecule has 0 bridgehead atoms. The summed E-state index contributed by atoms with van der Waals surface area (Å²) in [6.07, 6.45) is 3.03. The van der Waals surface area contributed by atoms with Gasteiger partial charge < -0.3 is 14.4 Å². The van der Waals surface area contributed by atoms with Crippen LogP contribution in [0.15, 0.2) is 28.8 Å². The minimum atomic E-state index is 0.194. The number of likely N-dealkylation sites (tertiary alicyclic amines) is 1. The van der Waals surface area contributed by atoms with Crippen LogP contribution in [0.25, 0.3) is 11.5 Å². The number of aliphatic hydroxyl groups excluding tert-OH is 1. The maximum absolute atomic E-state index is 8.79. The molecule has 2 aromatic rings. The van der Waals surface area contributed by atoms with Crippen molar-refractivity contribution >= 4 is 0 Å². The summed E-state index contributed by atoms with van der Waals surface area (Å²) < 4.78 is 11.2. The van der Waals surface area contributed by atoms with Crippen LogP contribution in [0.2, 0.25) is 0 Å². The van der Waals surface area contributed by atoms with Crippen molar-refractivity contribution in [2.24, 2.45) is 0 Å². The number of hydrogen-bond acceptors (Lipinski definition) is 6. The fraction of sp³-hybridized carbons (Fsp3) is 0.556. The Labute approximate surface area is 142 Å². The molecular formula is C18H25N3O3. The number of aromatic nitrogens is 2. The predicted molar refractivity (Wildman–Crippen MR) is 90.4 cm³/mol. The van der Waals surface area contributed by atoms with Gasteiger partial charge in [0.1, 0.15) is 0 Å². The van der Waals surface area contributed by atoms with E-state index in [1.807, 2.05) is 31.2 Å². The molecule has 130 valence electrons. The molecule has 0 aliphatic carbocycles. The van der Waals surface area contributed by atoms with E-state index in [0.29, 0.717) is 31.6 Å². The van der Waals surface area contributed by atoms with Crippen molar-refractivity contribution in [3.63, 3.8) is 0 Å². The molecule has 0 amide bonds. The summed E-state index contributed by atoms with van der Waals surface area (Å²) >= 11 is 0. The van der Waals surface area contributed by atoms with Gasteiger partial charge in [-0.05, 0) is 37.8 Å². The molecule has 1 aromatic heterocycles. The Morgan fingerprint density at radius 3 is 2.83 bits per heavy atom. The molecule has 0 atom stereocenters. The molecule has 1 aliphatic heterocycles. The average Bonchev–Trinajstić information content (AvgIpc) is 3.05. The molecule has 24 heavy (non-hydrogen) atoms. The van der Waals surface area contributed by atoms with Crippen molar-refractivity contribution in [3.8, 4) is 11.5 Å². The summed E-state index contributed by atoms with van der Waals surface area (Å²) in [6.45, 7) is 5.53. The van der Waals surface area contributed by atoms with Crippen LogP contribution in [0.5, 0.6) is 0 Å². The second-order valence-electron chi connectivity index (χ2n) is 6.25. The zero-order valence-corrected chi connectivity index (χ0v) is 14.1. The van der Waals surface area contributed by atoms with Gasteiger partial charge in [-0.1, -0.05) is 23.4 Å². The smallest absolute Gasteiger partial charge is 0.258 e. The fourth-order valence-corrected chi connectivity index (χ4v) is 2.99. The number of rotatable bonds is 7. The molecule has 1 aromatic carbocycles. The normalized spacial score (nSPS) is 16.6. The molecule has 1 saturated heterocycles. The lowest BCUT2D eigenvalue weighted by Gasteiger charge is -2.30. The molecule has 3 rings (SSSR count). The molecule has 0 spiro atoms. The zero-order valence-electron chi connectivity index (χ0n) is 14.1. The second kappa shape index (κ2) is 8.37. The van der Waals surface area contributed by atoms with Gasteiger partial charge in [-0.15, -0.1) is 0 Å². The molecule has 6 nitrogen and oxygen atoms in total. The second-order valence-corrected chi connectivity index (χ2v) is 6.25. The Hall–Kier alpha value is -1.76. The van der Waals surface area contributed by atoms with E-state index in [9.17, 15) is 0 Å². The minimum absolute atomic E-state index is 0.194. The SMILES string of the molecule is Cc1ccccc1-c1nc(CN2CCC(OCCCO)CC2)no1. The van der Waals surface area contributed by atoms with E-state index in [2.05, 4.69) is 15.0 Å². The number of piperidine rings is 1. The van der Waals surface area contributed by atoms with E-state index in [-0.39, 0.29) is 6.61 Å². The Kier molecular flexibility index (Phi) is 5.96. The van der Waals surface area contributed by atoms with Crippen molar-refractivity contribution in [2.45, 2.75) is 38.8 Å². The van der Waals surface area contributed by atoms with Gasteiger partial charge in [-0.2, -0.15) is 4.98 Å². The molecule has 6 heteroatoms. The van der Waals surface area contributed by atoms with Crippen molar-refractivity contribution in [1.29, 1.82) is 0 Å². The zero-order chi connectivity index (χ0) is 16.8. The van der Waals surface area contributed by atoms with Crippen LogP contribution >= 0.6 is 0 Å². The highest BCUT2D eigenvalue weighted by molar-refractivity contribution is 5.57. The van der Waals surface area contributed by atoms with Gasteiger partial charge in [-0.3, -0.25) is 4.90 Å². The number of aliphatic hydroxyl groups is 1. The summed E-state index contributed by atoms with van der Waals surface area (Å²) in [4.78, 5) is 6.87. The first kappa shape index (κ1) is 17.1. The van der Waals surface area contributed by atoms with Crippen LogP contribution < -0.4 is 0 Å². The van der Waals surface area contributed by atoms with E-state index in [0.717, 1.165) is 42.9 Å². The van der Waals surface area contributed by atoms with Crippen molar-refractivity contribution < 1.29 is 14.4 Å². The first-order valence-corrected chi connectivity index (χ1v) is 8.59. The van der Waals surface area contributed by atoms with Crippen molar-refractivity contribution in [1.82, 2.24) is 15.0 Å². The van der Waals surface area contributed by atoms with Gasteiger partial charge in [0.15, 0.2) is 5.82 Å². The molecule has 0 saturated carbocycles. The maximum atomic E-state index is 8.79. The van der Waals surface area contributed by atoms with Gasteiger partial charge in [0.2, 0.25) is 0 Å². The van der Waals surface area contributed by atoms with Gasteiger partial charge in [-0.25, -0.2) is 0 Å². The monoisotopic (exact) mass is 331 g/mol. The summed E-state index contributed by atoms with van der Waals surface area (Å²) in [7, 11) is 0. The molecule has 1 aliphatic rings. The first-order chi connectivity index (χ1) is 11.8. The van der Waals surface area contributed by atoms with E-state index in [1.54, 1.807) is 0 Å². The van der Waals surface area contributed by atoms with Crippen molar-refractivity contribution in [2.75, 3.05) is 26.3 Å². The molecule has 0 unspecified atom stereocenters. The maximum Gasteiger partial charge on any atom is 0.258 e. The molecule has 0 radical (unpaired) electrons. The van der Waals surface area contributed by atoms with Crippen LogP contribution in [0.1, 0.15) is 30.7 Å². The summed E-state index contributed by atoms with van der Waals surface area (Å²) in [6, 6.07) is 8.03. The van der Waals surface area contributed by atoms with Crippen molar-refractivity contribution in [3.05, 3.63) is 35.7 Å². The standard InChI is InChI=1S/C18H25N3O3/c1-14-5-2-3-6-16(14)18-19-17(20-24-18)13-21-9-7-15(8-10-21)23-12-4-11-22/h2-3,5-6,15,22H,4,7-13H2,1H3. The summed E-state index contributed by atoms with van der Waals surface area (Å²) in [5, 5.41) is 12.9. The highest BCUT2D eigenvalue weighted by Crippen LogP contribution is 2.22. The van der Waals surface area contributed by atoms with E-state index in [4.69, 9.17) is 14.4 Å². The lowest BCUT2D eigenvalue weighted by molar-refractivity contribution is 0.000252. The van der Waals surface area contributed by atoms with Crippen LogP contribution in [0, 0.1) is 6.92 Å². The minimum Gasteiger partial charge on any atom is -0.396 e. The highest BCUT2D eigenvalue weighted by atomic mass is 16.5. The third kappa shape index (κ3) is 4.41. The van der Waals surface area contributed by atoms with E-state index < -0.39 is 0 Å². The van der Waals surface area contributed by atoms with Gasteiger partial charge in [0.25, 0.3) is 5.89 Å². The van der Waals surface area contributed by atoms with Gasteiger partial charge >= 0.3 is 0 Å². The lowest BCUT2D eigenvalue weighted by atomic mass is 10.1. The largest absolute Gasteiger partial charge is 0.396 e.